The number of hydroxylamine groups is 2. The van der Waals surface area contributed by atoms with Gasteiger partial charge in [0.2, 0.25) is 17.7 Å². The van der Waals surface area contributed by atoms with Crippen LogP contribution in [-0.4, -0.2) is 118 Å². The van der Waals surface area contributed by atoms with E-state index in [1.165, 1.54) is 7.05 Å². The van der Waals surface area contributed by atoms with Gasteiger partial charge in [0.25, 0.3) is 0 Å². The number of alkyl carbamates (subject to hydrolysis) is 2. The summed E-state index contributed by atoms with van der Waals surface area (Å²) in [6.07, 6.45) is -3.26. The second-order valence-corrected chi connectivity index (χ2v) is 14.0. The minimum Gasteiger partial charge on any atom is -0.469 e. The monoisotopic (exact) mass is 844 g/mol. The summed E-state index contributed by atoms with van der Waals surface area (Å²) in [7, 11) is 3.58. The molecule has 2 rings (SSSR count). The highest BCUT2D eigenvalue weighted by molar-refractivity contribution is 5.93. The zero-order chi connectivity index (χ0) is 44.5. The SMILES string of the molecule is COC(=O)C[C@H](NC(=O)OCc1ccccc1)C(=O)NCCCC[C@H](NC(=O)[C@H](CC(=O)OC)NC(=O)OCc1ccccc1)C(=O)NCCON(C)C(=O)OC(C)(C)C. The first-order valence-electron chi connectivity index (χ1n) is 19.0. The maximum atomic E-state index is 13.5. The van der Waals surface area contributed by atoms with Crippen LogP contribution in [0.15, 0.2) is 60.7 Å². The fourth-order valence-electron chi connectivity index (χ4n) is 4.94. The Morgan fingerprint density at radius 3 is 1.57 bits per heavy atom. The molecule has 5 N–H and O–H groups in total. The molecular formula is C40H56N6O14. The molecule has 20 nitrogen and oxygen atoms in total. The zero-order valence-corrected chi connectivity index (χ0v) is 34.7. The number of rotatable bonds is 23. The van der Waals surface area contributed by atoms with Crippen LogP contribution in [0.25, 0.3) is 0 Å². The van der Waals surface area contributed by atoms with Crippen molar-refractivity contribution in [1.82, 2.24) is 31.6 Å². The lowest BCUT2D eigenvalue weighted by atomic mass is 10.1. The summed E-state index contributed by atoms with van der Waals surface area (Å²) >= 11 is 0. The number of hydrogen-bond acceptors (Lipinski definition) is 14. The van der Waals surface area contributed by atoms with Crippen molar-refractivity contribution in [2.75, 3.05) is 41.0 Å². The van der Waals surface area contributed by atoms with Crippen LogP contribution in [0.2, 0.25) is 0 Å². The first-order chi connectivity index (χ1) is 28.5. The fraction of sp³-hybridized carbons (Fsp3) is 0.500. The van der Waals surface area contributed by atoms with Crippen molar-refractivity contribution in [3.8, 4) is 0 Å². The summed E-state index contributed by atoms with van der Waals surface area (Å²) in [6, 6.07) is 13.5. The van der Waals surface area contributed by atoms with Gasteiger partial charge in [-0.15, -0.1) is 0 Å². The molecule has 0 aliphatic heterocycles. The average molecular weight is 845 g/mol. The molecule has 0 heterocycles. The highest BCUT2D eigenvalue weighted by atomic mass is 16.7. The summed E-state index contributed by atoms with van der Waals surface area (Å²) in [5, 5.41) is 13.4. The van der Waals surface area contributed by atoms with Gasteiger partial charge >= 0.3 is 30.2 Å². The molecule has 0 fully saturated rings. The number of unbranched alkanes of at least 4 members (excludes halogenated alkanes) is 1. The van der Waals surface area contributed by atoms with Crippen LogP contribution in [0.5, 0.6) is 0 Å². The van der Waals surface area contributed by atoms with Crippen LogP contribution in [0.1, 0.15) is 64.0 Å². The molecule has 60 heavy (non-hydrogen) atoms. The molecule has 0 aromatic heterocycles. The van der Waals surface area contributed by atoms with E-state index in [2.05, 4.69) is 31.3 Å². The van der Waals surface area contributed by atoms with Crippen LogP contribution >= 0.6 is 0 Å². The van der Waals surface area contributed by atoms with E-state index in [1.54, 1.807) is 81.4 Å². The van der Waals surface area contributed by atoms with E-state index in [4.69, 9.17) is 23.8 Å². The molecule has 0 spiro atoms. The van der Waals surface area contributed by atoms with Crippen LogP contribution in [0.3, 0.4) is 0 Å². The molecule has 0 radical (unpaired) electrons. The third-order valence-electron chi connectivity index (χ3n) is 8.03. The number of methoxy groups -OCH3 is 2. The van der Waals surface area contributed by atoms with E-state index >= 15 is 0 Å². The lowest BCUT2D eigenvalue weighted by molar-refractivity contribution is -0.143. The van der Waals surface area contributed by atoms with Gasteiger partial charge in [0, 0.05) is 20.1 Å². The first-order valence-corrected chi connectivity index (χ1v) is 19.0. The largest absolute Gasteiger partial charge is 0.469 e. The molecule has 2 aromatic rings. The van der Waals surface area contributed by atoms with Crippen molar-refractivity contribution in [2.45, 2.75) is 89.8 Å². The summed E-state index contributed by atoms with van der Waals surface area (Å²) < 4.78 is 25.0. The van der Waals surface area contributed by atoms with E-state index < -0.39 is 84.5 Å². The highest BCUT2D eigenvalue weighted by Crippen LogP contribution is 2.10. The molecule has 3 atom stereocenters. The number of nitrogens with zero attached hydrogens (tertiary/aromatic N) is 1. The third kappa shape index (κ3) is 20.8. The van der Waals surface area contributed by atoms with Crippen molar-refractivity contribution >= 4 is 47.9 Å². The van der Waals surface area contributed by atoms with Crippen molar-refractivity contribution in [3.63, 3.8) is 0 Å². The van der Waals surface area contributed by atoms with Gasteiger partial charge in [-0.3, -0.25) is 28.8 Å². The van der Waals surface area contributed by atoms with Crippen molar-refractivity contribution in [1.29, 1.82) is 0 Å². The van der Waals surface area contributed by atoms with Crippen molar-refractivity contribution in [2.24, 2.45) is 0 Å². The highest BCUT2D eigenvalue weighted by Gasteiger charge is 2.30. The van der Waals surface area contributed by atoms with E-state index in [0.29, 0.717) is 11.1 Å². The van der Waals surface area contributed by atoms with Crippen molar-refractivity contribution < 1.29 is 66.9 Å². The number of carbonyl (C=O) groups is 8. The Labute approximate surface area is 348 Å². The summed E-state index contributed by atoms with van der Waals surface area (Å²) in [5.74, 6) is -3.86. The minimum atomic E-state index is -1.50. The maximum absolute atomic E-state index is 13.5. The molecule has 330 valence electrons. The van der Waals surface area contributed by atoms with Gasteiger partial charge in [-0.25, -0.2) is 14.4 Å². The summed E-state index contributed by atoms with van der Waals surface area (Å²) in [6.45, 7) is 4.64. The number of carbonyl (C=O) groups excluding carboxylic acids is 8. The number of ether oxygens (including phenoxy) is 5. The first kappa shape index (κ1) is 49.7. The Hall–Kier alpha value is -6.44. The quantitative estimate of drug-likeness (QED) is 0.0466. The Morgan fingerprint density at radius 1 is 0.617 bits per heavy atom. The number of nitrogens with one attached hydrogen (secondary N) is 5. The van der Waals surface area contributed by atoms with Gasteiger partial charge in [0.15, 0.2) is 0 Å². The molecule has 2 aromatic carbocycles. The molecule has 0 aliphatic rings. The Balaban J connectivity index is 2.07. The van der Waals surface area contributed by atoms with Gasteiger partial charge in [0.1, 0.15) is 36.9 Å². The van der Waals surface area contributed by atoms with Crippen molar-refractivity contribution in [3.05, 3.63) is 71.8 Å². The van der Waals surface area contributed by atoms with Crippen LogP contribution < -0.4 is 26.6 Å². The summed E-state index contributed by atoms with van der Waals surface area (Å²) in [4.78, 5) is 107. The predicted octanol–water partition coefficient (Wildman–Crippen LogP) is 2.39. The third-order valence-corrected chi connectivity index (χ3v) is 8.03. The van der Waals surface area contributed by atoms with Crippen LogP contribution in [-0.2, 0) is 65.7 Å². The number of hydrogen-bond donors (Lipinski definition) is 5. The fourth-order valence-corrected chi connectivity index (χ4v) is 4.94. The zero-order valence-electron chi connectivity index (χ0n) is 34.7. The molecule has 0 bridgehead atoms. The standard InChI is InChI=1S/C40H56N6O14/c1-40(2,3)60-39(54)46(4)59-22-21-42-34(49)29(43-36(51)31(24-33(48)56-6)45-38(53)58-26-28-17-11-8-12-18-28)19-13-14-20-41-35(50)30(23-32(47)55-5)44-37(52)57-25-27-15-9-7-10-16-27/h7-12,15-18,29-31H,13-14,19-26H2,1-6H3,(H,41,50)(H,42,49)(H,43,51)(H,44,52)(H,45,53)/t29-,30-,31-/m0/s1. The predicted molar refractivity (Wildman–Crippen MR) is 212 cm³/mol. The Bertz CT molecular complexity index is 1710. The lowest BCUT2D eigenvalue weighted by Crippen LogP contribution is -2.54. The topological polar surface area (TPSA) is 255 Å². The van der Waals surface area contributed by atoms with E-state index in [1.807, 2.05) is 0 Å². The van der Waals surface area contributed by atoms with E-state index in [0.717, 1.165) is 19.3 Å². The normalized spacial score (nSPS) is 12.2. The Morgan fingerprint density at radius 2 is 1.08 bits per heavy atom. The maximum Gasteiger partial charge on any atom is 0.434 e. The lowest BCUT2D eigenvalue weighted by Gasteiger charge is -2.24. The smallest absolute Gasteiger partial charge is 0.434 e. The molecule has 0 saturated carbocycles. The molecule has 0 aliphatic carbocycles. The van der Waals surface area contributed by atoms with Gasteiger partial charge < -0.3 is 50.3 Å². The molecule has 20 heteroatoms. The van der Waals surface area contributed by atoms with Crippen LogP contribution in [0.4, 0.5) is 14.4 Å². The molecular weight excluding hydrogens is 788 g/mol. The number of esters is 2. The second kappa shape index (κ2) is 26.5. The minimum absolute atomic E-state index is 0.00512. The Kier molecular flexibility index (Phi) is 22.0. The molecule has 0 unspecified atom stereocenters. The average Bonchev–Trinajstić information content (AvgIpc) is 3.22. The summed E-state index contributed by atoms with van der Waals surface area (Å²) in [5.41, 5.74) is 0.613. The van der Waals surface area contributed by atoms with Gasteiger partial charge in [-0.1, -0.05) is 60.7 Å². The van der Waals surface area contributed by atoms with Gasteiger partial charge in [-0.2, -0.15) is 5.06 Å². The van der Waals surface area contributed by atoms with Gasteiger partial charge in [0.05, 0.1) is 33.7 Å². The number of benzene rings is 2. The van der Waals surface area contributed by atoms with Crippen LogP contribution in [0, 0.1) is 0 Å². The van der Waals surface area contributed by atoms with Gasteiger partial charge in [-0.05, 0) is 51.2 Å². The second-order valence-electron chi connectivity index (χ2n) is 14.0. The van der Waals surface area contributed by atoms with E-state index in [-0.39, 0.29) is 52.2 Å². The molecule has 0 saturated heterocycles. The number of amides is 6. The van der Waals surface area contributed by atoms with E-state index in [9.17, 15) is 38.4 Å². The molecule has 6 amide bonds.